The van der Waals surface area contributed by atoms with Gasteiger partial charge in [0.05, 0.1) is 19.8 Å². The first-order valence-corrected chi connectivity index (χ1v) is 11.2. The number of nitrogens with one attached hydrogen (secondary N) is 1. The van der Waals surface area contributed by atoms with E-state index in [1.54, 1.807) is 11.7 Å². The number of nitrogens with zero attached hydrogens (tertiary/aromatic N) is 3. The van der Waals surface area contributed by atoms with Gasteiger partial charge >= 0.3 is 5.69 Å². The maximum absolute atomic E-state index is 12.6. The third-order valence-corrected chi connectivity index (χ3v) is 5.59. The van der Waals surface area contributed by atoms with Crippen LogP contribution in [0, 0.1) is 5.92 Å². The van der Waals surface area contributed by atoms with Gasteiger partial charge in [0.15, 0.2) is 11.5 Å². The van der Waals surface area contributed by atoms with Crippen LogP contribution in [0.25, 0.3) is 0 Å². The van der Waals surface area contributed by atoms with E-state index in [0.717, 1.165) is 43.5 Å². The molecule has 31 heavy (non-hydrogen) atoms. The second kappa shape index (κ2) is 10.5. The second-order valence-corrected chi connectivity index (χ2v) is 8.55. The fourth-order valence-electron chi connectivity index (χ4n) is 3.71. The van der Waals surface area contributed by atoms with Gasteiger partial charge in [-0.2, -0.15) is 5.10 Å². The van der Waals surface area contributed by atoms with Crippen molar-refractivity contribution in [2.75, 3.05) is 13.7 Å². The van der Waals surface area contributed by atoms with Crippen molar-refractivity contribution in [2.24, 2.45) is 5.92 Å². The van der Waals surface area contributed by atoms with Crippen LogP contribution in [-0.4, -0.2) is 34.0 Å². The van der Waals surface area contributed by atoms with E-state index in [0.29, 0.717) is 30.6 Å². The molecule has 1 amide bonds. The SMILES string of the molecule is COc1cc(C(C)NC(=O)Cn2nc3n(c2=O)CCCCC3)ccc1OCCC(C)C. The summed E-state index contributed by atoms with van der Waals surface area (Å²) in [6.07, 6.45) is 4.85. The van der Waals surface area contributed by atoms with Gasteiger partial charge in [-0.3, -0.25) is 9.36 Å². The Kier molecular flexibility index (Phi) is 7.76. The lowest BCUT2D eigenvalue weighted by atomic mass is 10.1. The van der Waals surface area contributed by atoms with E-state index in [1.165, 1.54) is 4.68 Å². The van der Waals surface area contributed by atoms with Gasteiger partial charge in [-0.05, 0) is 49.8 Å². The van der Waals surface area contributed by atoms with Crippen molar-refractivity contribution in [2.45, 2.75) is 72.0 Å². The standard InChI is InChI=1S/C23H34N4O4/c1-16(2)11-13-31-19-10-9-18(14-20(19)30-4)17(3)24-22(28)15-27-23(29)26-12-7-5-6-8-21(26)25-27/h9-10,14,16-17H,5-8,11-13,15H2,1-4H3,(H,24,28). The van der Waals surface area contributed by atoms with E-state index in [9.17, 15) is 9.59 Å². The zero-order chi connectivity index (χ0) is 22.4. The smallest absolute Gasteiger partial charge is 0.346 e. The van der Waals surface area contributed by atoms with Crippen LogP contribution in [-0.2, 0) is 24.3 Å². The van der Waals surface area contributed by atoms with E-state index in [1.807, 2.05) is 25.1 Å². The van der Waals surface area contributed by atoms with Crippen molar-refractivity contribution in [1.82, 2.24) is 19.7 Å². The Bertz CT molecular complexity index is 948. The molecular formula is C23H34N4O4. The van der Waals surface area contributed by atoms with E-state index in [-0.39, 0.29) is 24.2 Å². The molecule has 170 valence electrons. The molecule has 1 unspecified atom stereocenters. The first kappa shape index (κ1) is 22.9. The highest BCUT2D eigenvalue weighted by Gasteiger charge is 2.19. The van der Waals surface area contributed by atoms with Crippen molar-refractivity contribution in [3.8, 4) is 11.5 Å². The number of benzene rings is 1. The van der Waals surface area contributed by atoms with Crippen LogP contribution in [0.3, 0.4) is 0 Å². The molecule has 0 spiro atoms. The van der Waals surface area contributed by atoms with Gasteiger partial charge in [-0.25, -0.2) is 9.48 Å². The number of carbonyl (C=O) groups is 1. The number of rotatable bonds is 9. The summed E-state index contributed by atoms with van der Waals surface area (Å²) in [6.45, 7) is 7.43. The van der Waals surface area contributed by atoms with Crippen LogP contribution in [0.1, 0.15) is 63.9 Å². The Balaban J connectivity index is 1.62. The lowest BCUT2D eigenvalue weighted by Gasteiger charge is -2.17. The molecule has 1 aromatic heterocycles. The Morgan fingerprint density at radius 3 is 2.74 bits per heavy atom. The molecule has 0 radical (unpaired) electrons. The molecular weight excluding hydrogens is 396 g/mol. The van der Waals surface area contributed by atoms with Gasteiger partial charge in [-0.1, -0.05) is 26.3 Å². The summed E-state index contributed by atoms with van der Waals surface area (Å²) in [5.74, 6) is 2.42. The zero-order valence-corrected chi connectivity index (χ0v) is 19.0. The minimum atomic E-state index is -0.251. The maximum atomic E-state index is 12.6. The fourth-order valence-corrected chi connectivity index (χ4v) is 3.71. The first-order chi connectivity index (χ1) is 14.9. The third kappa shape index (κ3) is 5.89. The number of aryl methyl sites for hydroxylation is 1. The first-order valence-electron chi connectivity index (χ1n) is 11.2. The number of ether oxygens (including phenoxy) is 2. The lowest BCUT2D eigenvalue weighted by Crippen LogP contribution is -2.35. The van der Waals surface area contributed by atoms with Crippen LogP contribution in [0.4, 0.5) is 0 Å². The van der Waals surface area contributed by atoms with E-state index in [4.69, 9.17) is 9.47 Å². The van der Waals surface area contributed by atoms with Gasteiger partial charge in [0, 0.05) is 13.0 Å². The van der Waals surface area contributed by atoms with Crippen LogP contribution >= 0.6 is 0 Å². The highest BCUT2D eigenvalue weighted by molar-refractivity contribution is 5.76. The molecule has 8 nitrogen and oxygen atoms in total. The average molecular weight is 431 g/mol. The summed E-state index contributed by atoms with van der Waals surface area (Å²) in [7, 11) is 1.60. The predicted molar refractivity (Wildman–Crippen MR) is 119 cm³/mol. The molecule has 3 rings (SSSR count). The van der Waals surface area contributed by atoms with E-state index < -0.39 is 0 Å². The molecule has 0 aliphatic carbocycles. The largest absolute Gasteiger partial charge is 0.493 e. The summed E-state index contributed by atoms with van der Waals surface area (Å²) in [5.41, 5.74) is 0.693. The Hall–Kier alpha value is -2.77. The van der Waals surface area contributed by atoms with Gasteiger partial charge in [-0.15, -0.1) is 0 Å². The number of aromatic nitrogens is 3. The number of amides is 1. The maximum Gasteiger partial charge on any atom is 0.346 e. The molecule has 0 bridgehead atoms. The normalized spacial score (nSPS) is 14.6. The van der Waals surface area contributed by atoms with Crippen molar-refractivity contribution in [3.63, 3.8) is 0 Å². The van der Waals surface area contributed by atoms with Crippen molar-refractivity contribution in [3.05, 3.63) is 40.1 Å². The van der Waals surface area contributed by atoms with Crippen molar-refractivity contribution in [1.29, 1.82) is 0 Å². The summed E-state index contributed by atoms with van der Waals surface area (Å²) in [4.78, 5) is 25.1. The lowest BCUT2D eigenvalue weighted by molar-refractivity contribution is -0.122. The molecule has 1 aromatic carbocycles. The summed E-state index contributed by atoms with van der Waals surface area (Å²) < 4.78 is 14.3. The molecule has 0 saturated carbocycles. The van der Waals surface area contributed by atoms with Gasteiger partial charge in [0.25, 0.3) is 0 Å². The molecule has 0 fully saturated rings. The number of hydrogen-bond acceptors (Lipinski definition) is 5. The highest BCUT2D eigenvalue weighted by atomic mass is 16.5. The monoisotopic (exact) mass is 430 g/mol. The molecule has 1 aliphatic heterocycles. The van der Waals surface area contributed by atoms with Crippen LogP contribution in [0.15, 0.2) is 23.0 Å². The molecule has 2 heterocycles. The molecule has 1 N–H and O–H groups in total. The fraction of sp³-hybridized carbons (Fsp3) is 0.609. The van der Waals surface area contributed by atoms with Crippen LogP contribution in [0.5, 0.6) is 11.5 Å². The molecule has 2 aromatic rings. The number of carbonyl (C=O) groups excluding carboxylic acids is 1. The van der Waals surface area contributed by atoms with Crippen LogP contribution in [0.2, 0.25) is 0 Å². The third-order valence-electron chi connectivity index (χ3n) is 5.59. The van der Waals surface area contributed by atoms with Crippen molar-refractivity contribution < 1.29 is 14.3 Å². The van der Waals surface area contributed by atoms with E-state index in [2.05, 4.69) is 24.3 Å². The number of fused-ring (bicyclic) bond motifs is 1. The minimum absolute atomic E-state index is 0.0866. The Labute approximate surface area is 183 Å². The minimum Gasteiger partial charge on any atom is -0.493 e. The summed E-state index contributed by atoms with van der Waals surface area (Å²) >= 11 is 0. The van der Waals surface area contributed by atoms with Gasteiger partial charge in [0.2, 0.25) is 5.91 Å². The van der Waals surface area contributed by atoms with Crippen molar-refractivity contribution >= 4 is 5.91 Å². The highest BCUT2D eigenvalue weighted by Crippen LogP contribution is 2.30. The quantitative estimate of drug-likeness (QED) is 0.661. The summed E-state index contributed by atoms with van der Waals surface area (Å²) in [6, 6.07) is 5.42. The average Bonchev–Trinajstić information content (AvgIpc) is 2.89. The van der Waals surface area contributed by atoms with E-state index >= 15 is 0 Å². The molecule has 1 aliphatic rings. The zero-order valence-electron chi connectivity index (χ0n) is 19.0. The molecule has 0 saturated heterocycles. The van der Waals surface area contributed by atoms with Gasteiger partial charge in [0.1, 0.15) is 12.4 Å². The second-order valence-electron chi connectivity index (χ2n) is 8.55. The molecule has 8 heteroatoms. The topological polar surface area (TPSA) is 87.4 Å². The number of methoxy groups -OCH3 is 1. The summed E-state index contributed by atoms with van der Waals surface area (Å²) in [5, 5.41) is 7.33. The Morgan fingerprint density at radius 1 is 1.19 bits per heavy atom. The Morgan fingerprint density at radius 2 is 2.00 bits per heavy atom. The number of hydrogen-bond donors (Lipinski definition) is 1. The van der Waals surface area contributed by atoms with Crippen LogP contribution < -0.4 is 20.5 Å². The predicted octanol–water partition coefficient (Wildman–Crippen LogP) is 3.08. The van der Waals surface area contributed by atoms with Gasteiger partial charge < -0.3 is 14.8 Å². The molecule has 1 atom stereocenters.